The molecule has 0 fully saturated rings. The molecule has 0 spiro atoms. The molecule has 2 atom stereocenters. The van der Waals surface area contributed by atoms with Crippen molar-refractivity contribution >= 4 is 43.4 Å². The number of rotatable bonds is 13. The molecule has 2 aliphatic carbocycles. The van der Waals surface area contributed by atoms with Crippen molar-refractivity contribution in [1.29, 1.82) is 11.0 Å². The van der Waals surface area contributed by atoms with Gasteiger partial charge < -0.3 is 10.6 Å². The molecule has 0 heterocycles. The van der Waals surface area contributed by atoms with Gasteiger partial charge >= 0.3 is 24.2 Å². The number of aryl methyl sites for hydroxylation is 4. The highest BCUT2D eigenvalue weighted by Crippen LogP contribution is 2.55. The zero-order valence-electron chi connectivity index (χ0n) is 37.4. The summed E-state index contributed by atoms with van der Waals surface area (Å²) in [4.78, 5) is 24.5. The van der Waals surface area contributed by atoms with E-state index in [1.807, 2.05) is 0 Å². The summed E-state index contributed by atoms with van der Waals surface area (Å²) >= 11 is 0. The average molecular weight is 961 g/mol. The second kappa shape index (κ2) is 17.6. The number of halogens is 6. The summed E-state index contributed by atoms with van der Waals surface area (Å²) < 4.78 is 171. The number of hydrogen-bond acceptors (Lipinski definition) is 10. The van der Waals surface area contributed by atoms with E-state index < -0.39 is 89.5 Å². The summed E-state index contributed by atoms with van der Waals surface area (Å²) in [5.74, 6) is -4.83. The van der Waals surface area contributed by atoms with Crippen LogP contribution in [0.2, 0.25) is 2.82 Å². The van der Waals surface area contributed by atoms with Gasteiger partial charge in [-0.15, -0.1) is 0 Å². The number of allylic oxidation sites excluding steroid dienone is 2. The van der Waals surface area contributed by atoms with E-state index in [2.05, 4.69) is 21.3 Å². The van der Waals surface area contributed by atoms with E-state index in [1.54, 1.807) is 62.6 Å². The first kappa shape index (κ1) is 46.4. The van der Waals surface area contributed by atoms with Crippen molar-refractivity contribution in [2.45, 2.75) is 88.1 Å². The van der Waals surface area contributed by atoms with Crippen LogP contribution in [0.3, 0.4) is 0 Å². The van der Waals surface area contributed by atoms with Crippen LogP contribution in [-0.2, 0) is 65.0 Å². The summed E-state index contributed by atoms with van der Waals surface area (Å²) in [5.41, 5.74) is 4.89. The van der Waals surface area contributed by atoms with Crippen molar-refractivity contribution in [3.63, 3.8) is 0 Å². The van der Waals surface area contributed by atoms with Crippen LogP contribution in [0.4, 0.5) is 26.3 Å². The molecule has 22 heteroatoms. The molecule has 0 radical (unpaired) electrons. The number of amides is 2. The number of hydrogen-bond donors (Lipinski definition) is 6. The molecule has 0 saturated carbocycles. The zero-order chi connectivity index (χ0) is 50.4. The third-order valence-electron chi connectivity index (χ3n) is 12.1. The summed E-state index contributed by atoms with van der Waals surface area (Å²) in [7, 11) is -10.7. The Morgan fingerprint density at radius 1 is 0.621 bits per heavy atom. The average Bonchev–Trinajstić information content (AvgIpc) is 3.28. The Balaban J connectivity index is 1.64. The van der Waals surface area contributed by atoms with Crippen LogP contribution in [-0.4, -0.2) is 50.1 Å². The molecule has 2 amide bonds. The molecule has 6 rings (SSSR count). The van der Waals surface area contributed by atoms with Crippen LogP contribution in [0.5, 0.6) is 0 Å². The number of nitrogens with zero attached hydrogens (tertiary/aromatic N) is 2. The number of nitrogens with one attached hydrogen (secondary N) is 4. The molecule has 0 bridgehead atoms. The van der Waals surface area contributed by atoms with E-state index in [0.29, 0.717) is 33.4 Å². The SMILES string of the molecule is [H]/N=N/C1=C(NC(=O)C(F)(F)F)c2ccccc2C(c2c(CC)cc(-c3cc(CC)c(C4(S(=O)(=O)O)CC(/N=N/[H])=C(NC(=O)C(F)(F)F)c5ccccc54)c(CC)c3)cc2CC)(S(=O)(=O)O)C1. The molecule has 350 valence electrons. The predicted octanol–water partition coefficient (Wildman–Crippen LogP) is 9.43. The zero-order valence-corrected chi connectivity index (χ0v) is 37.0. The normalized spacial score (nSPS) is 19.7. The van der Waals surface area contributed by atoms with Crippen molar-refractivity contribution < 1.29 is 64.7 Å². The highest BCUT2D eigenvalue weighted by molar-refractivity contribution is 7.87. The van der Waals surface area contributed by atoms with Crippen LogP contribution in [0, 0.1) is 11.0 Å². The van der Waals surface area contributed by atoms with Crippen LogP contribution in [0.15, 0.2) is 94.4 Å². The van der Waals surface area contributed by atoms with Crippen molar-refractivity contribution in [2.24, 2.45) is 10.2 Å². The van der Waals surface area contributed by atoms with Crippen LogP contribution in [0.25, 0.3) is 22.5 Å². The highest BCUT2D eigenvalue weighted by atomic mass is 32.2. The van der Waals surface area contributed by atoms with Gasteiger partial charge in [-0.1, -0.05) is 100 Å². The molecule has 2 aliphatic rings. The fourth-order valence-corrected chi connectivity index (χ4v) is 11.9. The van der Waals surface area contributed by atoms with Gasteiger partial charge in [0.2, 0.25) is 2.82 Å². The van der Waals surface area contributed by atoms with E-state index in [1.165, 1.54) is 48.5 Å². The predicted molar refractivity (Wildman–Crippen MR) is 229 cm³/mol. The number of carbonyl (C=O) groups is 2. The summed E-state index contributed by atoms with van der Waals surface area (Å²) in [5, 5.41) is 10.8. The van der Waals surface area contributed by atoms with Gasteiger partial charge in [0.15, 0.2) is 9.49 Å². The van der Waals surface area contributed by atoms with Crippen LogP contribution in [0.1, 0.15) is 96.2 Å². The summed E-state index contributed by atoms with van der Waals surface area (Å²) in [6, 6.07) is 17.0. The van der Waals surface area contributed by atoms with Gasteiger partial charge in [-0.25, -0.2) is 11.0 Å². The first-order valence-electron chi connectivity index (χ1n) is 21.1. The molecular formula is C44H42F6N6O8S2. The van der Waals surface area contributed by atoms with Gasteiger partial charge in [0.25, 0.3) is 20.2 Å². The molecular weight excluding hydrogens is 919 g/mol. The molecule has 66 heavy (non-hydrogen) atoms. The maximum Gasteiger partial charge on any atom is 0.471 e. The van der Waals surface area contributed by atoms with Crippen molar-refractivity contribution in [2.75, 3.05) is 0 Å². The Morgan fingerprint density at radius 2 is 0.924 bits per heavy atom. The van der Waals surface area contributed by atoms with E-state index in [9.17, 15) is 61.9 Å². The first-order chi connectivity index (χ1) is 31.8. The molecule has 0 saturated heterocycles. The monoisotopic (exact) mass is 960 g/mol. The second-order valence-electron chi connectivity index (χ2n) is 15.5. The fourth-order valence-electron chi connectivity index (χ4n) is 9.26. The molecule has 0 aliphatic heterocycles. The lowest BCUT2D eigenvalue weighted by Gasteiger charge is -2.40. The minimum Gasteiger partial charge on any atom is -0.316 e. The number of carbonyl (C=O) groups excluding carboxylic acids is 2. The van der Waals surface area contributed by atoms with Crippen molar-refractivity contribution in [3.8, 4) is 11.1 Å². The van der Waals surface area contributed by atoms with Crippen molar-refractivity contribution in [1.82, 2.24) is 10.6 Å². The number of fused-ring (bicyclic) bond motifs is 2. The molecule has 14 nitrogen and oxygen atoms in total. The minimum absolute atomic E-state index is 0.0311. The topological polar surface area (TPSA) is 239 Å². The molecule has 2 unspecified atom stereocenters. The van der Waals surface area contributed by atoms with E-state index in [4.69, 9.17) is 2.82 Å². The lowest BCUT2D eigenvalue weighted by molar-refractivity contribution is -0.172. The maximum atomic E-state index is 14.1. The first-order valence-corrected chi connectivity index (χ1v) is 23.1. The summed E-state index contributed by atoms with van der Waals surface area (Å²) in [6.07, 6.45) is -12.2. The molecule has 4 aromatic carbocycles. The fraction of sp³-hybridized carbons (Fsp3) is 0.318. The molecule has 4 aromatic rings. The number of alkyl halides is 6. The molecule has 0 aromatic heterocycles. The van der Waals surface area contributed by atoms with E-state index in [0.717, 1.165) is 0 Å². The minimum atomic E-state index is -5.39. The number of benzene rings is 4. The van der Waals surface area contributed by atoms with Crippen molar-refractivity contribution in [3.05, 3.63) is 140 Å². The lowest BCUT2D eigenvalue weighted by atomic mass is 9.73. The summed E-state index contributed by atoms with van der Waals surface area (Å²) in [6.45, 7) is 6.73. The van der Waals surface area contributed by atoms with Gasteiger partial charge in [-0.2, -0.15) is 53.4 Å². The quantitative estimate of drug-likeness (QED) is 0.0427. The van der Waals surface area contributed by atoms with Crippen LogP contribution >= 0.6 is 0 Å². The highest BCUT2D eigenvalue weighted by Gasteiger charge is 2.56. The Bertz CT molecular complexity index is 2830. The van der Waals surface area contributed by atoms with E-state index >= 15 is 0 Å². The Morgan fingerprint density at radius 3 is 1.18 bits per heavy atom. The standard InChI is InChI=1S/C44H42F6N6O8S2/c1-5-23-17-27(18-24(6-2)35(23)41(65(59,60)61)21-33(55-51)37(53-39(57)43(45,46)47)29-13-9-11-15-31(29)41)28-19-25(7-3)36(26(8-4)20-28)42(66(62,63)64)22-34(56-52)38(54-40(58)44(48,49)50)30-14-10-12-16-32(30)42/h9-20,51-52H,5-8,21-22H2,1-4H3,(H,53,57)(H,54,58)(H,59,60,61)(H,62,63,64)/b55-51+,56-52+. The van der Waals surface area contributed by atoms with Crippen LogP contribution < -0.4 is 10.6 Å². The van der Waals surface area contributed by atoms with Gasteiger partial charge in [-0.05, 0) is 81.3 Å². The Labute approximate surface area is 378 Å². The Kier molecular flexibility index (Phi) is 12.4. The smallest absolute Gasteiger partial charge is 0.316 e. The second-order valence-corrected chi connectivity index (χ2v) is 18.8. The third kappa shape index (κ3) is 8.12. The largest absolute Gasteiger partial charge is 0.471 e. The maximum absolute atomic E-state index is 14.1. The van der Waals surface area contributed by atoms with Gasteiger partial charge in [0.05, 0.1) is 22.8 Å². The van der Waals surface area contributed by atoms with Gasteiger partial charge in [0.1, 0.15) is 0 Å². The lowest BCUT2D eigenvalue weighted by Crippen LogP contribution is -2.44. The molecule has 6 N–H and O–H groups in total. The van der Waals surface area contributed by atoms with Gasteiger partial charge in [-0.3, -0.25) is 18.7 Å². The Hall–Kier alpha value is -6.10. The van der Waals surface area contributed by atoms with Gasteiger partial charge in [0, 0.05) is 24.0 Å². The van der Waals surface area contributed by atoms with E-state index in [-0.39, 0.29) is 59.1 Å². The third-order valence-corrected chi connectivity index (χ3v) is 15.0.